The first kappa shape index (κ1) is 4.55. The second-order valence-corrected chi connectivity index (χ2v) is 1.86. The lowest BCUT2D eigenvalue weighted by atomic mass is 10.6. The lowest BCUT2D eigenvalue weighted by Crippen LogP contribution is -1.68. The summed E-state index contributed by atoms with van der Waals surface area (Å²) in [4.78, 5) is 0. The zero-order valence-corrected chi connectivity index (χ0v) is 4.90. The van der Waals surface area contributed by atoms with E-state index in [0.717, 1.165) is 5.76 Å². The van der Waals surface area contributed by atoms with E-state index >= 15 is 0 Å². The van der Waals surface area contributed by atoms with Gasteiger partial charge in [0, 0.05) is 0 Å². The molecule has 0 N–H and O–H groups in total. The molecular formula is C5H5N3O. The summed E-state index contributed by atoms with van der Waals surface area (Å²) < 4.78 is 6.83. The molecule has 2 heterocycles. The van der Waals surface area contributed by atoms with Crippen molar-refractivity contribution in [1.82, 2.24) is 14.6 Å². The molecule has 0 radical (unpaired) electrons. The van der Waals surface area contributed by atoms with Crippen LogP contribution in [-0.4, -0.2) is 14.6 Å². The first-order valence-electron chi connectivity index (χ1n) is 2.62. The molecule has 0 aliphatic rings. The molecule has 0 saturated heterocycles. The van der Waals surface area contributed by atoms with Gasteiger partial charge in [0.05, 0.1) is 6.20 Å². The van der Waals surface area contributed by atoms with Crippen molar-refractivity contribution >= 4 is 5.84 Å². The minimum atomic E-state index is 0.549. The maximum Gasteiger partial charge on any atom is 0.326 e. The molecular weight excluding hydrogens is 118 g/mol. The fourth-order valence-corrected chi connectivity index (χ4v) is 0.760. The normalized spacial score (nSPS) is 10.8. The van der Waals surface area contributed by atoms with Gasteiger partial charge < -0.3 is 4.42 Å². The fraction of sp³-hybridized carbons (Fsp3) is 0.200. The van der Waals surface area contributed by atoms with Crippen LogP contribution in [0.4, 0.5) is 0 Å². The molecule has 0 amide bonds. The van der Waals surface area contributed by atoms with Gasteiger partial charge in [0.15, 0.2) is 0 Å². The van der Waals surface area contributed by atoms with Gasteiger partial charge in [-0.05, 0) is 6.92 Å². The van der Waals surface area contributed by atoms with Crippen molar-refractivity contribution in [2.24, 2.45) is 0 Å². The van der Waals surface area contributed by atoms with Crippen molar-refractivity contribution in [3.8, 4) is 0 Å². The van der Waals surface area contributed by atoms with E-state index in [4.69, 9.17) is 4.42 Å². The van der Waals surface area contributed by atoms with E-state index in [9.17, 15) is 0 Å². The van der Waals surface area contributed by atoms with Gasteiger partial charge in [-0.25, -0.2) is 0 Å². The topological polar surface area (TPSA) is 43.3 Å². The Hall–Kier alpha value is -1.32. The molecule has 0 unspecified atom stereocenters. The number of oxazole rings is 1. The van der Waals surface area contributed by atoms with E-state index in [2.05, 4.69) is 10.2 Å². The standard InChI is InChI=1S/C5H5N3O/c1-4-2-8-3-6-7-5(8)9-4/h2-3H,1H3. The summed E-state index contributed by atoms with van der Waals surface area (Å²) in [7, 11) is 0. The minimum absolute atomic E-state index is 0.549. The highest BCUT2D eigenvalue weighted by atomic mass is 16.4. The molecule has 46 valence electrons. The van der Waals surface area contributed by atoms with Crippen molar-refractivity contribution in [2.75, 3.05) is 0 Å². The Morgan fingerprint density at radius 2 is 2.56 bits per heavy atom. The monoisotopic (exact) mass is 123 g/mol. The van der Waals surface area contributed by atoms with Crippen molar-refractivity contribution in [2.45, 2.75) is 6.92 Å². The van der Waals surface area contributed by atoms with Gasteiger partial charge in [-0.2, -0.15) is 0 Å². The molecule has 4 nitrogen and oxygen atoms in total. The van der Waals surface area contributed by atoms with Crippen LogP contribution in [0.25, 0.3) is 5.84 Å². The Bertz CT molecular complexity index is 293. The summed E-state index contributed by atoms with van der Waals surface area (Å²) in [5.41, 5.74) is 0. The van der Waals surface area contributed by atoms with E-state index < -0.39 is 0 Å². The number of hydrogen-bond donors (Lipinski definition) is 0. The van der Waals surface area contributed by atoms with Crippen molar-refractivity contribution in [3.05, 3.63) is 18.3 Å². The first-order valence-corrected chi connectivity index (χ1v) is 2.62. The average molecular weight is 123 g/mol. The smallest absolute Gasteiger partial charge is 0.326 e. The third kappa shape index (κ3) is 0.526. The van der Waals surface area contributed by atoms with Crippen LogP contribution in [0.1, 0.15) is 5.76 Å². The second-order valence-electron chi connectivity index (χ2n) is 1.86. The van der Waals surface area contributed by atoms with Crippen LogP contribution in [-0.2, 0) is 0 Å². The van der Waals surface area contributed by atoms with Crippen LogP contribution in [0, 0.1) is 6.92 Å². The minimum Gasteiger partial charge on any atom is -0.427 e. The highest BCUT2D eigenvalue weighted by Crippen LogP contribution is 2.03. The molecule has 0 saturated carbocycles. The van der Waals surface area contributed by atoms with Crippen LogP contribution in [0.5, 0.6) is 0 Å². The number of fused-ring (bicyclic) bond motifs is 1. The van der Waals surface area contributed by atoms with E-state index in [0.29, 0.717) is 5.84 Å². The zero-order valence-electron chi connectivity index (χ0n) is 4.90. The van der Waals surface area contributed by atoms with Gasteiger partial charge in [0.2, 0.25) is 0 Å². The molecule has 2 rings (SSSR count). The first-order chi connectivity index (χ1) is 4.36. The lowest BCUT2D eigenvalue weighted by Gasteiger charge is -1.70. The average Bonchev–Trinajstić information content (AvgIpc) is 2.22. The van der Waals surface area contributed by atoms with Gasteiger partial charge in [0.1, 0.15) is 12.1 Å². The van der Waals surface area contributed by atoms with E-state index in [1.165, 1.54) is 0 Å². The summed E-state index contributed by atoms with van der Waals surface area (Å²) in [6, 6.07) is 0. The molecule has 0 spiro atoms. The summed E-state index contributed by atoms with van der Waals surface area (Å²) in [5, 5.41) is 7.31. The highest BCUT2D eigenvalue weighted by molar-refractivity contribution is 5.20. The third-order valence-electron chi connectivity index (χ3n) is 1.11. The largest absolute Gasteiger partial charge is 0.427 e. The van der Waals surface area contributed by atoms with Gasteiger partial charge >= 0.3 is 5.84 Å². The summed E-state index contributed by atoms with van der Waals surface area (Å²) in [6.45, 7) is 1.87. The van der Waals surface area contributed by atoms with Crippen LogP contribution >= 0.6 is 0 Å². The summed E-state index contributed by atoms with van der Waals surface area (Å²) in [6.07, 6.45) is 3.43. The molecule has 0 aliphatic heterocycles. The van der Waals surface area contributed by atoms with Gasteiger partial charge in [0.25, 0.3) is 0 Å². The Balaban J connectivity index is 2.92. The van der Waals surface area contributed by atoms with Gasteiger partial charge in [-0.3, -0.25) is 4.40 Å². The number of rotatable bonds is 0. The Morgan fingerprint density at radius 1 is 1.67 bits per heavy atom. The Kier molecular flexibility index (Phi) is 0.677. The molecule has 0 aromatic carbocycles. The van der Waals surface area contributed by atoms with Gasteiger partial charge in [-0.15, -0.1) is 5.10 Å². The molecule has 0 bridgehead atoms. The Labute approximate surface area is 51.1 Å². The highest BCUT2D eigenvalue weighted by Gasteiger charge is 1.97. The maximum absolute atomic E-state index is 5.10. The van der Waals surface area contributed by atoms with Crippen LogP contribution in [0.15, 0.2) is 16.9 Å². The molecule has 0 aliphatic carbocycles. The fourth-order valence-electron chi connectivity index (χ4n) is 0.760. The van der Waals surface area contributed by atoms with Crippen LogP contribution < -0.4 is 0 Å². The molecule has 4 heteroatoms. The summed E-state index contributed by atoms with van der Waals surface area (Å²) >= 11 is 0. The SMILES string of the molecule is Cc1cn2cnnc2o1. The van der Waals surface area contributed by atoms with Crippen molar-refractivity contribution in [1.29, 1.82) is 0 Å². The summed E-state index contributed by atoms with van der Waals surface area (Å²) in [5.74, 6) is 1.40. The Morgan fingerprint density at radius 3 is 3.33 bits per heavy atom. The molecule has 9 heavy (non-hydrogen) atoms. The second kappa shape index (κ2) is 1.34. The maximum atomic E-state index is 5.10. The van der Waals surface area contributed by atoms with E-state index in [1.807, 2.05) is 13.1 Å². The number of aromatic nitrogens is 3. The predicted octanol–water partition coefficient (Wildman–Crippen LogP) is 0.631. The molecule has 0 atom stereocenters. The number of aryl methyl sites for hydroxylation is 1. The van der Waals surface area contributed by atoms with E-state index in [-0.39, 0.29) is 0 Å². The molecule has 2 aromatic heterocycles. The van der Waals surface area contributed by atoms with Crippen LogP contribution in [0.2, 0.25) is 0 Å². The zero-order chi connectivity index (χ0) is 6.27. The van der Waals surface area contributed by atoms with Crippen molar-refractivity contribution in [3.63, 3.8) is 0 Å². The number of hydrogen-bond acceptors (Lipinski definition) is 3. The lowest BCUT2D eigenvalue weighted by molar-refractivity contribution is 0.559. The molecule has 0 fully saturated rings. The van der Waals surface area contributed by atoms with Crippen molar-refractivity contribution < 1.29 is 4.42 Å². The quantitative estimate of drug-likeness (QED) is 0.516. The van der Waals surface area contributed by atoms with Crippen LogP contribution in [0.3, 0.4) is 0 Å². The van der Waals surface area contributed by atoms with E-state index in [1.54, 1.807) is 10.7 Å². The predicted molar refractivity (Wildman–Crippen MR) is 30.0 cm³/mol. The van der Waals surface area contributed by atoms with Gasteiger partial charge in [-0.1, -0.05) is 5.10 Å². The number of nitrogens with zero attached hydrogens (tertiary/aromatic N) is 3. The molecule has 2 aromatic rings. The third-order valence-corrected chi connectivity index (χ3v) is 1.11.